The lowest BCUT2D eigenvalue weighted by Crippen LogP contribution is -2.42. The molecule has 106 valence electrons. The summed E-state index contributed by atoms with van der Waals surface area (Å²) >= 11 is 0. The molecule has 1 fully saturated rings. The van der Waals surface area contributed by atoms with Crippen molar-refractivity contribution < 1.29 is 0 Å². The molecule has 0 spiro atoms. The molecular weight excluding hydrogens is 230 g/mol. The summed E-state index contributed by atoms with van der Waals surface area (Å²) in [5.41, 5.74) is 2.01. The summed E-state index contributed by atoms with van der Waals surface area (Å²) in [6, 6.07) is 11.6. The van der Waals surface area contributed by atoms with E-state index in [0.717, 1.165) is 6.54 Å². The van der Waals surface area contributed by atoms with Gasteiger partial charge >= 0.3 is 0 Å². The van der Waals surface area contributed by atoms with Crippen molar-refractivity contribution in [1.82, 2.24) is 5.32 Å². The minimum absolute atomic E-state index is 0.532. The van der Waals surface area contributed by atoms with Crippen molar-refractivity contribution in [2.75, 3.05) is 6.54 Å². The highest BCUT2D eigenvalue weighted by Gasteiger charge is 2.36. The Kier molecular flexibility index (Phi) is 5.45. The third-order valence-electron chi connectivity index (χ3n) is 4.79. The van der Waals surface area contributed by atoms with Crippen molar-refractivity contribution in [2.45, 2.75) is 64.8 Å². The summed E-state index contributed by atoms with van der Waals surface area (Å²) in [6.07, 6.45) is 9.38. The summed E-state index contributed by atoms with van der Waals surface area (Å²) in [6.45, 7) is 5.92. The monoisotopic (exact) mass is 259 g/mol. The van der Waals surface area contributed by atoms with E-state index in [4.69, 9.17) is 0 Å². The van der Waals surface area contributed by atoms with E-state index in [9.17, 15) is 0 Å². The highest BCUT2D eigenvalue weighted by Crippen LogP contribution is 2.41. The molecule has 1 heteroatoms. The van der Waals surface area contributed by atoms with Gasteiger partial charge in [-0.15, -0.1) is 0 Å². The first-order valence-corrected chi connectivity index (χ1v) is 8.02. The van der Waals surface area contributed by atoms with Gasteiger partial charge in [0.1, 0.15) is 0 Å². The van der Waals surface area contributed by atoms with E-state index < -0.39 is 0 Å². The Hall–Kier alpha value is -0.820. The summed E-state index contributed by atoms with van der Waals surface area (Å²) in [5.74, 6) is 0. The summed E-state index contributed by atoms with van der Waals surface area (Å²) in [4.78, 5) is 0. The van der Waals surface area contributed by atoms with Crippen LogP contribution in [0.4, 0.5) is 0 Å². The van der Waals surface area contributed by atoms with Crippen LogP contribution in [-0.4, -0.2) is 12.6 Å². The third kappa shape index (κ3) is 4.07. The fourth-order valence-electron chi connectivity index (χ4n) is 3.50. The van der Waals surface area contributed by atoms with E-state index in [2.05, 4.69) is 49.5 Å². The van der Waals surface area contributed by atoms with Gasteiger partial charge in [0.2, 0.25) is 0 Å². The average Bonchev–Trinajstić information content (AvgIpc) is 2.88. The molecule has 0 saturated heterocycles. The van der Waals surface area contributed by atoms with Crippen molar-refractivity contribution >= 4 is 0 Å². The standard InChI is InChI=1S/C18H29N/c1-3-15-19-17(18(2)13-7-8-14-18)12-11-16-9-5-4-6-10-16/h4-6,9-10,17,19H,3,7-8,11-15H2,1-2H3. The normalized spacial score (nSPS) is 19.5. The van der Waals surface area contributed by atoms with Crippen LogP contribution in [0.5, 0.6) is 0 Å². The topological polar surface area (TPSA) is 12.0 Å². The van der Waals surface area contributed by atoms with Crippen LogP contribution in [0.15, 0.2) is 30.3 Å². The maximum atomic E-state index is 3.82. The lowest BCUT2D eigenvalue weighted by Gasteiger charge is -2.35. The molecule has 1 unspecified atom stereocenters. The van der Waals surface area contributed by atoms with Crippen molar-refractivity contribution in [3.63, 3.8) is 0 Å². The molecule has 0 bridgehead atoms. The Balaban J connectivity index is 1.93. The van der Waals surface area contributed by atoms with E-state index in [0.29, 0.717) is 11.5 Å². The molecule has 0 heterocycles. The molecule has 0 aromatic heterocycles. The summed E-state index contributed by atoms with van der Waals surface area (Å²) < 4.78 is 0. The van der Waals surface area contributed by atoms with Crippen LogP contribution in [-0.2, 0) is 6.42 Å². The van der Waals surface area contributed by atoms with Gasteiger partial charge < -0.3 is 5.32 Å². The zero-order valence-corrected chi connectivity index (χ0v) is 12.6. The Morgan fingerprint density at radius 2 is 1.84 bits per heavy atom. The van der Waals surface area contributed by atoms with Gasteiger partial charge in [0.05, 0.1) is 0 Å². The molecule has 1 aliphatic carbocycles. The molecular formula is C18H29N. The fourth-order valence-corrected chi connectivity index (χ4v) is 3.50. The first-order chi connectivity index (χ1) is 9.24. The van der Waals surface area contributed by atoms with Gasteiger partial charge in [0.15, 0.2) is 0 Å². The quantitative estimate of drug-likeness (QED) is 0.756. The second kappa shape index (κ2) is 7.09. The minimum atomic E-state index is 0.532. The summed E-state index contributed by atoms with van der Waals surface area (Å²) in [7, 11) is 0. The minimum Gasteiger partial charge on any atom is -0.313 e. The van der Waals surface area contributed by atoms with Gasteiger partial charge in [0.25, 0.3) is 0 Å². The van der Waals surface area contributed by atoms with Crippen LogP contribution in [0, 0.1) is 5.41 Å². The molecule has 1 atom stereocenters. The second-order valence-electron chi connectivity index (χ2n) is 6.39. The van der Waals surface area contributed by atoms with E-state index in [-0.39, 0.29) is 0 Å². The number of aryl methyl sites for hydroxylation is 1. The molecule has 0 amide bonds. The molecule has 2 rings (SSSR count). The largest absolute Gasteiger partial charge is 0.313 e. The van der Waals surface area contributed by atoms with Crippen molar-refractivity contribution in [1.29, 1.82) is 0 Å². The van der Waals surface area contributed by atoms with Gasteiger partial charge in [-0.2, -0.15) is 0 Å². The highest BCUT2D eigenvalue weighted by molar-refractivity contribution is 5.15. The predicted molar refractivity (Wildman–Crippen MR) is 83.4 cm³/mol. The van der Waals surface area contributed by atoms with E-state index in [1.165, 1.54) is 50.5 Å². The Bertz CT molecular complexity index is 351. The number of rotatable bonds is 7. The van der Waals surface area contributed by atoms with Crippen LogP contribution < -0.4 is 5.32 Å². The zero-order valence-electron chi connectivity index (χ0n) is 12.6. The van der Waals surface area contributed by atoms with E-state index in [1.807, 2.05) is 0 Å². The number of hydrogen-bond donors (Lipinski definition) is 1. The average molecular weight is 259 g/mol. The molecule has 0 aliphatic heterocycles. The van der Waals surface area contributed by atoms with Crippen LogP contribution in [0.2, 0.25) is 0 Å². The molecule has 1 saturated carbocycles. The van der Waals surface area contributed by atoms with Gasteiger partial charge in [-0.3, -0.25) is 0 Å². The number of benzene rings is 1. The lowest BCUT2D eigenvalue weighted by molar-refractivity contribution is 0.210. The predicted octanol–water partition coefficient (Wildman–Crippen LogP) is 4.57. The third-order valence-corrected chi connectivity index (χ3v) is 4.79. The van der Waals surface area contributed by atoms with Gasteiger partial charge in [-0.05, 0) is 49.6 Å². The molecule has 1 aliphatic rings. The zero-order chi connectivity index (χ0) is 13.6. The molecule has 0 radical (unpaired) electrons. The van der Waals surface area contributed by atoms with Crippen molar-refractivity contribution in [3.05, 3.63) is 35.9 Å². The fraction of sp³-hybridized carbons (Fsp3) is 0.667. The van der Waals surface area contributed by atoms with Crippen molar-refractivity contribution in [3.8, 4) is 0 Å². The second-order valence-corrected chi connectivity index (χ2v) is 6.39. The number of nitrogens with one attached hydrogen (secondary N) is 1. The van der Waals surface area contributed by atoms with Crippen LogP contribution in [0.25, 0.3) is 0 Å². The SMILES string of the molecule is CCCNC(CCc1ccccc1)C1(C)CCCC1. The molecule has 1 aromatic carbocycles. The highest BCUT2D eigenvalue weighted by atomic mass is 14.9. The molecule has 19 heavy (non-hydrogen) atoms. The Morgan fingerprint density at radius 3 is 2.47 bits per heavy atom. The Morgan fingerprint density at radius 1 is 1.16 bits per heavy atom. The van der Waals surface area contributed by atoms with Gasteiger partial charge in [-0.1, -0.05) is 57.0 Å². The van der Waals surface area contributed by atoms with E-state index >= 15 is 0 Å². The maximum absolute atomic E-state index is 3.82. The molecule has 1 aromatic rings. The number of hydrogen-bond acceptors (Lipinski definition) is 1. The smallest absolute Gasteiger partial charge is 0.0124 e. The lowest BCUT2D eigenvalue weighted by atomic mass is 9.78. The molecule has 1 nitrogen and oxygen atoms in total. The van der Waals surface area contributed by atoms with Crippen molar-refractivity contribution in [2.24, 2.45) is 5.41 Å². The van der Waals surface area contributed by atoms with Gasteiger partial charge in [-0.25, -0.2) is 0 Å². The summed E-state index contributed by atoms with van der Waals surface area (Å²) in [5, 5.41) is 3.82. The van der Waals surface area contributed by atoms with Crippen LogP contribution >= 0.6 is 0 Å². The molecule has 1 N–H and O–H groups in total. The van der Waals surface area contributed by atoms with E-state index in [1.54, 1.807) is 0 Å². The first-order valence-electron chi connectivity index (χ1n) is 8.02. The van der Waals surface area contributed by atoms with Gasteiger partial charge in [0, 0.05) is 6.04 Å². The van der Waals surface area contributed by atoms with Crippen LogP contribution in [0.1, 0.15) is 57.9 Å². The Labute approximate surface area is 118 Å². The maximum Gasteiger partial charge on any atom is 0.0124 e. The van der Waals surface area contributed by atoms with Crippen LogP contribution in [0.3, 0.4) is 0 Å². The first kappa shape index (κ1) is 14.6.